The number of hydrogen-bond donors (Lipinski definition) is 0. The molecule has 1 heteroatoms. The Labute approximate surface area is 95.0 Å². The van der Waals surface area contributed by atoms with Gasteiger partial charge in [0.05, 0.1) is 0 Å². The van der Waals surface area contributed by atoms with Gasteiger partial charge in [0.2, 0.25) is 0 Å². The maximum atomic E-state index is 2.58. The molecule has 0 atom stereocenters. The summed E-state index contributed by atoms with van der Waals surface area (Å²) in [5.74, 6) is 3.44. The summed E-state index contributed by atoms with van der Waals surface area (Å²) in [6.45, 7) is 0. The van der Waals surface area contributed by atoms with Gasteiger partial charge in [-0.05, 0) is 68.1 Å². The van der Waals surface area contributed by atoms with Gasteiger partial charge in [-0.3, -0.25) is 0 Å². The minimum atomic E-state index is 0.843. The zero-order valence-electron chi connectivity index (χ0n) is 8.27. The zero-order chi connectivity index (χ0) is 8.89. The number of halogens is 1. The van der Waals surface area contributed by atoms with Crippen LogP contribution in [-0.4, -0.2) is 4.43 Å². The molecule has 74 valence electrons. The molecule has 4 saturated carbocycles. The first-order chi connectivity index (χ1) is 6.30. The first-order valence-electron chi connectivity index (χ1n) is 5.86. The van der Waals surface area contributed by atoms with E-state index in [-0.39, 0.29) is 0 Å². The third kappa shape index (κ3) is 1.46. The molecule has 0 nitrogen and oxygen atoms in total. The van der Waals surface area contributed by atoms with Gasteiger partial charge in [-0.1, -0.05) is 22.6 Å². The molecule has 4 fully saturated rings. The van der Waals surface area contributed by atoms with Crippen LogP contribution in [0.5, 0.6) is 0 Å². The molecule has 4 rings (SSSR count). The van der Waals surface area contributed by atoms with Crippen molar-refractivity contribution in [2.45, 2.75) is 44.9 Å². The number of alkyl halides is 1. The SMILES string of the molecule is ICCC12CC3CC(CC(C3)C1)C2. The van der Waals surface area contributed by atoms with Gasteiger partial charge in [-0.15, -0.1) is 0 Å². The van der Waals surface area contributed by atoms with Crippen LogP contribution in [-0.2, 0) is 0 Å². The molecule has 0 spiro atoms. The molecule has 0 aromatic carbocycles. The highest BCUT2D eigenvalue weighted by molar-refractivity contribution is 14.1. The average molecular weight is 290 g/mol. The van der Waals surface area contributed by atoms with Gasteiger partial charge < -0.3 is 0 Å². The fourth-order valence-corrected chi connectivity index (χ4v) is 5.94. The van der Waals surface area contributed by atoms with Crippen molar-refractivity contribution < 1.29 is 0 Å². The molecule has 0 aliphatic heterocycles. The molecule has 0 saturated heterocycles. The number of hydrogen-bond acceptors (Lipinski definition) is 0. The number of rotatable bonds is 2. The lowest BCUT2D eigenvalue weighted by molar-refractivity contribution is -0.0534. The topological polar surface area (TPSA) is 0 Å². The molecule has 4 bridgehead atoms. The second kappa shape index (κ2) is 3.11. The molecule has 13 heavy (non-hydrogen) atoms. The lowest BCUT2D eigenvalue weighted by Gasteiger charge is -2.57. The second-order valence-electron chi connectivity index (χ2n) is 5.86. The fourth-order valence-electron chi connectivity index (χ4n) is 4.80. The van der Waals surface area contributed by atoms with Crippen LogP contribution >= 0.6 is 22.6 Å². The van der Waals surface area contributed by atoms with Crippen molar-refractivity contribution in [1.82, 2.24) is 0 Å². The lowest BCUT2D eigenvalue weighted by atomic mass is 9.49. The minimum Gasteiger partial charge on any atom is -0.0864 e. The molecule has 0 amide bonds. The standard InChI is InChI=1S/C12H19I/c13-2-1-12-6-9-3-10(7-12)5-11(4-9)8-12/h9-11H,1-8H2. The Morgan fingerprint density at radius 1 is 0.923 bits per heavy atom. The van der Waals surface area contributed by atoms with E-state index < -0.39 is 0 Å². The molecule has 0 radical (unpaired) electrons. The van der Waals surface area contributed by atoms with E-state index in [9.17, 15) is 0 Å². The molecule has 0 aromatic rings. The second-order valence-corrected chi connectivity index (χ2v) is 6.94. The lowest BCUT2D eigenvalue weighted by Crippen LogP contribution is -2.46. The third-order valence-corrected chi connectivity index (χ3v) is 5.33. The van der Waals surface area contributed by atoms with Crippen LogP contribution in [0.3, 0.4) is 0 Å². The molecular weight excluding hydrogens is 271 g/mol. The Balaban J connectivity index is 1.83. The summed E-state index contributed by atoms with van der Waals surface area (Å²) in [6.07, 6.45) is 11.1. The van der Waals surface area contributed by atoms with Gasteiger partial charge in [0.25, 0.3) is 0 Å². The summed E-state index contributed by atoms with van der Waals surface area (Å²) in [5.41, 5.74) is 0.843. The summed E-state index contributed by atoms with van der Waals surface area (Å²) in [6, 6.07) is 0. The van der Waals surface area contributed by atoms with E-state index in [1.165, 1.54) is 10.8 Å². The van der Waals surface area contributed by atoms with Crippen molar-refractivity contribution in [3.63, 3.8) is 0 Å². The van der Waals surface area contributed by atoms with Gasteiger partial charge in [0.15, 0.2) is 0 Å². The Hall–Kier alpha value is 0.730. The van der Waals surface area contributed by atoms with Crippen LogP contribution in [0.1, 0.15) is 44.9 Å². The zero-order valence-corrected chi connectivity index (χ0v) is 10.4. The molecule has 4 aliphatic carbocycles. The molecule has 0 heterocycles. The maximum Gasteiger partial charge on any atom is 0.0000561 e. The Kier molecular flexibility index (Phi) is 2.15. The average Bonchev–Trinajstić information content (AvgIpc) is 2.00. The third-order valence-electron chi connectivity index (χ3n) is 4.79. The minimum absolute atomic E-state index is 0.843. The van der Waals surface area contributed by atoms with Crippen molar-refractivity contribution in [3.8, 4) is 0 Å². The highest BCUT2D eigenvalue weighted by atomic mass is 127. The Morgan fingerprint density at radius 2 is 1.38 bits per heavy atom. The molecule has 4 aliphatic rings. The van der Waals surface area contributed by atoms with E-state index in [1.54, 1.807) is 38.5 Å². The van der Waals surface area contributed by atoms with Crippen molar-refractivity contribution >= 4 is 22.6 Å². The maximum absolute atomic E-state index is 2.58. The highest BCUT2D eigenvalue weighted by Crippen LogP contribution is 2.61. The summed E-state index contributed by atoms with van der Waals surface area (Å²) < 4.78 is 1.39. The van der Waals surface area contributed by atoms with Gasteiger partial charge in [-0.2, -0.15) is 0 Å². The van der Waals surface area contributed by atoms with E-state index >= 15 is 0 Å². The van der Waals surface area contributed by atoms with Crippen molar-refractivity contribution in [1.29, 1.82) is 0 Å². The largest absolute Gasteiger partial charge is 0.0864 e. The Bertz CT molecular complexity index is 174. The van der Waals surface area contributed by atoms with Gasteiger partial charge in [0.1, 0.15) is 0 Å². The first-order valence-corrected chi connectivity index (χ1v) is 7.38. The monoisotopic (exact) mass is 290 g/mol. The van der Waals surface area contributed by atoms with Crippen molar-refractivity contribution in [2.75, 3.05) is 4.43 Å². The summed E-state index contributed by atoms with van der Waals surface area (Å²) >= 11 is 2.58. The van der Waals surface area contributed by atoms with Crippen LogP contribution in [0.2, 0.25) is 0 Å². The first kappa shape index (κ1) is 8.99. The molecule has 0 unspecified atom stereocenters. The molecule has 0 aromatic heterocycles. The van der Waals surface area contributed by atoms with Crippen LogP contribution in [0, 0.1) is 23.2 Å². The van der Waals surface area contributed by atoms with Crippen molar-refractivity contribution in [2.24, 2.45) is 23.2 Å². The Morgan fingerprint density at radius 3 is 1.77 bits per heavy atom. The van der Waals surface area contributed by atoms with E-state index in [0.717, 1.165) is 23.2 Å². The molecule has 0 N–H and O–H groups in total. The fraction of sp³-hybridized carbons (Fsp3) is 1.00. The smallest absolute Gasteiger partial charge is 0.0000561 e. The van der Waals surface area contributed by atoms with E-state index in [4.69, 9.17) is 0 Å². The summed E-state index contributed by atoms with van der Waals surface area (Å²) in [5, 5.41) is 0. The van der Waals surface area contributed by atoms with E-state index in [1.807, 2.05) is 0 Å². The summed E-state index contributed by atoms with van der Waals surface area (Å²) in [7, 11) is 0. The van der Waals surface area contributed by atoms with Crippen molar-refractivity contribution in [3.05, 3.63) is 0 Å². The van der Waals surface area contributed by atoms with Crippen LogP contribution < -0.4 is 0 Å². The normalized spacial score (nSPS) is 52.8. The van der Waals surface area contributed by atoms with Crippen LogP contribution in [0.4, 0.5) is 0 Å². The van der Waals surface area contributed by atoms with Gasteiger partial charge in [-0.25, -0.2) is 0 Å². The predicted molar refractivity (Wildman–Crippen MR) is 64.1 cm³/mol. The van der Waals surface area contributed by atoms with Crippen LogP contribution in [0.25, 0.3) is 0 Å². The highest BCUT2D eigenvalue weighted by Gasteiger charge is 2.50. The predicted octanol–water partition coefficient (Wildman–Crippen LogP) is 4.03. The quantitative estimate of drug-likeness (QED) is 0.532. The molecular formula is C12H19I. The van der Waals surface area contributed by atoms with E-state index in [0.29, 0.717) is 0 Å². The van der Waals surface area contributed by atoms with Crippen LogP contribution in [0.15, 0.2) is 0 Å². The van der Waals surface area contributed by atoms with Gasteiger partial charge in [0, 0.05) is 4.43 Å². The van der Waals surface area contributed by atoms with E-state index in [2.05, 4.69) is 22.6 Å². The summed E-state index contributed by atoms with van der Waals surface area (Å²) in [4.78, 5) is 0. The van der Waals surface area contributed by atoms with Gasteiger partial charge >= 0.3 is 0 Å².